The number of amides is 2. The van der Waals surface area contributed by atoms with Crippen LogP contribution in [0.1, 0.15) is 30.5 Å². The monoisotopic (exact) mass is 479 g/mol. The van der Waals surface area contributed by atoms with Crippen molar-refractivity contribution in [2.75, 3.05) is 44.6 Å². The van der Waals surface area contributed by atoms with Gasteiger partial charge >= 0.3 is 12.2 Å². The summed E-state index contributed by atoms with van der Waals surface area (Å²) in [5, 5.41) is 2.77. The van der Waals surface area contributed by atoms with Crippen LogP contribution in [0.3, 0.4) is 0 Å². The fourth-order valence-electron chi connectivity index (χ4n) is 4.66. The van der Waals surface area contributed by atoms with Gasteiger partial charge in [-0.25, -0.2) is 9.18 Å². The summed E-state index contributed by atoms with van der Waals surface area (Å²) in [5.74, 6) is -0.388. The highest BCUT2D eigenvalue weighted by Crippen LogP contribution is 2.27. The van der Waals surface area contributed by atoms with Gasteiger partial charge in [0.1, 0.15) is 11.5 Å². The van der Waals surface area contributed by atoms with Crippen LogP contribution in [-0.4, -0.2) is 71.0 Å². The number of carbonyl (C=O) groups is 1. The summed E-state index contributed by atoms with van der Waals surface area (Å²) < 4.78 is 51.4. The molecular formula is C24H29F4N5O. The molecule has 2 aliphatic rings. The third-order valence-electron chi connectivity index (χ3n) is 6.49. The molecule has 4 rings (SSSR count). The number of carbonyl (C=O) groups excluding carboxylic acids is 1. The van der Waals surface area contributed by atoms with Crippen molar-refractivity contribution in [3.05, 3.63) is 59.7 Å². The summed E-state index contributed by atoms with van der Waals surface area (Å²) in [7, 11) is 0. The molecule has 3 heterocycles. The molecule has 0 radical (unpaired) electrons. The highest BCUT2D eigenvalue weighted by atomic mass is 19.4. The lowest BCUT2D eigenvalue weighted by Gasteiger charge is -2.38. The van der Waals surface area contributed by atoms with Gasteiger partial charge in [-0.1, -0.05) is 12.1 Å². The molecule has 2 saturated heterocycles. The first-order chi connectivity index (χ1) is 16.3. The number of piperidine rings is 1. The topological polar surface area (TPSA) is 51.7 Å². The Hall–Kier alpha value is -2.72. The number of alkyl halides is 3. The van der Waals surface area contributed by atoms with E-state index in [0.29, 0.717) is 31.4 Å². The van der Waals surface area contributed by atoms with E-state index in [1.165, 1.54) is 24.4 Å². The van der Waals surface area contributed by atoms with Crippen LogP contribution in [0.15, 0.2) is 42.6 Å². The van der Waals surface area contributed by atoms with E-state index in [9.17, 15) is 22.4 Å². The molecule has 0 aliphatic carbocycles. The van der Waals surface area contributed by atoms with Gasteiger partial charge in [0, 0.05) is 50.6 Å². The lowest BCUT2D eigenvalue weighted by molar-refractivity contribution is -0.141. The standard InChI is InChI=1S/C24H29F4N5O/c25-19-3-1-4-20(15-19)30-23(34)33-10-2-9-32(13-14-33)21-7-11-31(12-8-21)17-18-5-6-22(29-16-18)24(26,27)28/h1,3-6,15-16,21H,2,7-14,17H2,(H,30,34). The second-order valence-electron chi connectivity index (χ2n) is 8.87. The van der Waals surface area contributed by atoms with Crippen molar-refractivity contribution in [2.24, 2.45) is 0 Å². The first-order valence-corrected chi connectivity index (χ1v) is 11.6. The molecule has 1 N–H and O–H groups in total. The molecule has 0 unspecified atom stereocenters. The molecule has 0 bridgehead atoms. The minimum absolute atomic E-state index is 0.215. The molecule has 10 heteroatoms. The maximum absolute atomic E-state index is 13.4. The van der Waals surface area contributed by atoms with E-state index in [-0.39, 0.29) is 11.8 Å². The molecule has 1 aromatic carbocycles. The molecule has 6 nitrogen and oxygen atoms in total. The van der Waals surface area contributed by atoms with Crippen LogP contribution in [0, 0.1) is 5.82 Å². The van der Waals surface area contributed by atoms with Crippen molar-refractivity contribution in [2.45, 2.75) is 38.0 Å². The smallest absolute Gasteiger partial charge is 0.323 e. The molecule has 2 aliphatic heterocycles. The van der Waals surface area contributed by atoms with Crippen LogP contribution in [0.4, 0.5) is 28.0 Å². The van der Waals surface area contributed by atoms with Gasteiger partial charge in [-0.15, -0.1) is 0 Å². The maximum atomic E-state index is 13.4. The minimum atomic E-state index is -4.42. The van der Waals surface area contributed by atoms with E-state index in [1.807, 2.05) is 0 Å². The van der Waals surface area contributed by atoms with Gasteiger partial charge in [-0.05, 0) is 62.2 Å². The number of benzene rings is 1. The zero-order valence-corrected chi connectivity index (χ0v) is 18.9. The predicted octanol–water partition coefficient (Wildman–Crippen LogP) is 4.44. The molecule has 2 amide bonds. The van der Waals surface area contributed by atoms with E-state index < -0.39 is 11.9 Å². The van der Waals surface area contributed by atoms with Crippen LogP contribution in [0.2, 0.25) is 0 Å². The molecule has 1 aromatic heterocycles. The zero-order valence-electron chi connectivity index (χ0n) is 18.9. The summed E-state index contributed by atoms with van der Waals surface area (Å²) >= 11 is 0. The van der Waals surface area contributed by atoms with E-state index in [2.05, 4.69) is 20.1 Å². The van der Waals surface area contributed by atoms with Crippen molar-refractivity contribution in [1.29, 1.82) is 0 Å². The molecule has 2 aromatic rings. The lowest BCUT2D eigenvalue weighted by Crippen LogP contribution is -2.46. The second-order valence-corrected chi connectivity index (χ2v) is 8.87. The van der Waals surface area contributed by atoms with Crippen molar-refractivity contribution >= 4 is 11.7 Å². The number of nitrogens with one attached hydrogen (secondary N) is 1. The van der Waals surface area contributed by atoms with Crippen molar-refractivity contribution in [3.63, 3.8) is 0 Å². The van der Waals surface area contributed by atoms with Gasteiger partial charge in [0.15, 0.2) is 0 Å². The Bertz CT molecular complexity index is 961. The number of rotatable bonds is 4. The largest absolute Gasteiger partial charge is 0.433 e. The van der Waals surface area contributed by atoms with E-state index >= 15 is 0 Å². The van der Waals surface area contributed by atoms with Gasteiger partial charge in [-0.3, -0.25) is 14.8 Å². The second kappa shape index (κ2) is 10.7. The Morgan fingerprint density at radius 2 is 1.82 bits per heavy atom. The Balaban J connectivity index is 1.23. The Morgan fingerprint density at radius 1 is 1.03 bits per heavy atom. The Morgan fingerprint density at radius 3 is 2.50 bits per heavy atom. The molecule has 34 heavy (non-hydrogen) atoms. The fourth-order valence-corrected chi connectivity index (χ4v) is 4.66. The Labute approximate surface area is 196 Å². The van der Waals surface area contributed by atoms with Crippen molar-refractivity contribution in [1.82, 2.24) is 19.7 Å². The SMILES string of the molecule is O=C(Nc1cccc(F)c1)N1CCCN(C2CCN(Cc3ccc(C(F)(F)F)nc3)CC2)CC1. The summed E-state index contributed by atoms with van der Waals surface area (Å²) in [6.07, 6.45) is -0.284. The van der Waals surface area contributed by atoms with Crippen LogP contribution in [0.5, 0.6) is 0 Å². The average molecular weight is 480 g/mol. The molecular weight excluding hydrogens is 450 g/mol. The third-order valence-corrected chi connectivity index (χ3v) is 6.49. The maximum Gasteiger partial charge on any atom is 0.433 e. The molecule has 0 spiro atoms. The summed E-state index contributed by atoms with van der Waals surface area (Å²) in [6, 6.07) is 8.62. The van der Waals surface area contributed by atoms with Crippen LogP contribution in [-0.2, 0) is 12.7 Å². The molecule has 0 atom stereocenters. The first kappa shape index (κ1) is 24.4. The quantitative estimate of drug-likeness (QED) is 0.659. The molecule has 2 fully saturated rings. The number of anilines is 1. The van der Waals surface area contributed by atoms with E-state index in [4.69, 9.17) is 0 Å². The van der Waals surface area contributed by atoms with Crippen LogP contribution in [0.25, 0.3) is 0 Å². The predicted molar refractivity (Wildman–Crippen MR) is 121 cm³/mol. The lowest BCUT2D eigenvalue weighted by atomic mass is 10.0. The summed E-state index contributed by atoms with van der Waals surface area (Å²) in [4.78, 5) is 22.6. The first-order valence-electron chi connectivity index (χ1n) is 11.6. The minimum Gasteiger partial charge on any atom is -0.323 e. The zero-order chi connectivity index (χ0) is 24.1. The highest BCUT2D eigenvalue weighted by Gasteiger charge is 2.32. The van der Waals surface area contributed by atoms with Gasteiger partial charge in [-0.2, -0.15) is 13.2 Å². The molecule has 0 saturated carbocycles. The van der Waals surface area contributed by atoms with Gasteiger partial charge in [0.2, 0.25) is 0 Å². The third kappa shape index (κ3) is 6.44. The number of hydrogen-bond donors (Lipinski definition) is 1. The average Bonchev–Trinajstić information content (AvgIpc) is 3.06. The number of pyridine rings is 1. The number of urea groups is 1. The summed E-state index contributed by atoms with van der Waals surface area (Å²) in [6.45, 7) is 5.28. The van der Waals surface area contributed by atoms with E-state index in [1.54, 1.807) is 17.0 Å². The highest BCUT2D eigenvalue weighted by molar-refractivity contribution is 5.89. The number of hydrogen-bond acceptors (Lipinski definition) is 4. The van der Waals surface area contributed by atoms with Crippen molar-refractivity contribution < 1.29 is 22.4 Å². The Kier molecular flexibility index (Phi) is 7.67. The van der Waals surface area contributed by atoms with Crippen LogP contribution >= 0.6 is 0 Å². The van der Waals surface area contributed by atoms with Crippen molar-refractivity contribution in [3.8, 4) is 0 Å². The van der Waals surface area contributed by atoms with Gasteiger partial charge in [0.05, 0.1) is 0 Å². The normalized spacial score (nSPS) is 19.1. The fraction of sp³-hybridized carbons (Fsp3) is 0.500. The number of aromatic nitrogens is 1. The van der Waals surface area contributed by atoms with Crippen LogP contribution < -0.4 is 5.32 Å². The van der Waals surface area contributed by atoms with Gasteiger partial charge in [0.25, 0.3) is 0 Å². The molecule has 184 valence electrons. The van der Waals surface area contributed by atoms with E-state index in [0.717, 1.165) is 57.1 Å². The number of likely N-dealkylation sites (tertiary alicyclic amines) is 1. The van der Waals surface area contributed by atoms with Gasteiger partial charge < -0.3 is 10.2 Å². The number of nitrogens with zero attached hydrogens (tertiary/aromatic N) is 4. The number of halogens is 4. The summed E-state index contributed by atoms with van der Waals surface area (Å²) in [5.41, 5.74) is 0.359.